The molecule has 0 aliphatic rings. The van der Waals surface area contributed by atoms with Crippen molar-refractivity contribution < 1.29 is 9.59 Å². The normalized spacial score (nSPS) is 13.2. The molecule has 0 aromatic heterocycles. The number of carbonyl (C=O) groups excluding carboxylic acids is 2. The lowest BCUT2D eigenvalue weighted by Gasteiger charge is -2.21. The second kappa shape index (κ2) is 5.00. The van der Waals surface area contributed by atoms with E-state index in [1.54, 1.807) is 0 Å². The molecule has 0 unspecified atom stereocenters. The van der Waals surface area contributed by atoms with Gasteiger partial charge >= 0.3 is 0 Å². The van der Waals surface area contributed by atoms with Crippen LogP contribution in [0.2, 0.25) is 0 Å². The number of Topliss-reactive ketones (excluding diaryl/α,β-unsaturated/α-hetero) is 1. The maximum atomic E-state index is 11.6. The Bertz CT molecular complexity index is 197. The van der Waals surface area contributed by atoms with Crippen molar-refractivity contribution in [1.82, 2.24) is 5.32 Å². The predicted molar refractivity (Wildman–Crippen MR) is 52.3 cm³/mol. The first-order valence-electron chi connectivity index (χ1n) is 4.67. The topological polar surface area (TPSA) is 46.2 Å². The molecule has 0 heterocycles. The van der Waals surface area contributed by atoms with Gasteiger partial charge in [-0.1, -0.05) is 27.7 Å². The molecule has 0 aromatic carbocycles. The summed E-state index contributed by atoms with van der Waals surface area (Å²) in [5.74, 6) is 0.0796. The van der Waals surface area contributed by atoms with Crippen molar-refractivity contribution in [1.29, 1.82) is 0 Å². The van der Waals surface area contributed by atoms with Crippen LogP contribution in [-0.4, -0.2) is 17.7 Å². The van der Waals surface area contributed by atoms with Crippen LogP contribution in [0, 0.1) is 11.8 Å². The summed E-state index contributed by atoms with van der Waals surface area (Å²) in [7, 11) is 0. The van der Waals surface area contributed by atoms with E-state index in [0.29, 0.717) is 0 Å². The van der Waals surface area contributed by atoms with Gasteiger partial charge in [-0.3, -0.25) is 9.59 Å². The molecule has 0 fully saturated rings. The number of carbonyl (C=O) groups is 2. The van der Waals surface area contributed by atoms with Gasteiger partial charge in [0, 0.05) is 12.8 Å². The predicted octanol–water partition coefficient (Wildman–Crippen LogP) is 1.37. The second-order valence-corrected chi connectivity index (χ2v) is 3.98. The summed E-state index contributed by atoms with van der Waals surface area (Å²) in [6, 6.07) is -0.336. The maximum Gasteiger partial charge on any atom is 0.217 e. The Morgan fingerprint density at radius 1 is 1.08 bits per heavy atom. The van der Waals surface area contributed by atoms with E-state index in [9.17, 15) is 9.59 Å². The summed E-state index contributed by atoms with van der Waals surface area (Å²) in [6.45, 7) is 8.99. The molecule has 3 heteroatoms. The molecule has 0 aromatic rings. The van der Waals surface area contributed by atoms with Crippen LogP contribution in [0.1, 0.15) is 34.6 Å². The minimum atomic E-state index is -0.336. The van der Waals surface area contributed by atoms with Gasteiger partial charge in [0.05, 0.1) is 6.04 Å². The smallest absolute Gasteiger partial charge is 0.217 e. The van der Waals surface area contributed by atoms with E-state index in [1.165, 1.54) is 6.92 Å². The molecular formula is C10H19NO2. The van der Waals surface area contributed by atoms with E-state index in [2.05, 4.69) is 5.32 Å². The van der Waals surface area contributed by atoms with Crippen molar-refractivity contribution in [3.63, 3.8) is 0 Å². The molecule has 1 atom stereocenters. The molecule has 1 N–H and O–H groups in total. The third-order valence-electron chi connectivity index (χ3n) is 1.90. The standard InChI is InChI=1S/C10H19NO2/c1-6(2)9(11-8(5)12)10(13)7(3)4/h6-7,9H,1-5H3,(H,11,12)/t9-/m1/s1. The van der Waals surface area contributed by atoms with Gasteiger partial charge in [0.15, 0.2) is 5.78 Å². The fraction of sp³-hybridized carbons (Fsp3) is 0.800. The molecular weight excluding hydrogens is 166 g/mol. The summed E-state index contributed by atoms with van der Waals surface area (Å²) >= 11 is 0. The summed E-state index contributed by atoms with van der Waals surface area (Å²) in [5.41, 5.74) is 0. The van der Waals surface area contributed by atoms with Crippen molar-refractivity contribution in [2.75, 3.05) is 0 Å². The third-order valence-corrected chi connectivity index (χ3v) is 1.90. The van der Waals surface area contributed by atoms with Gasteiger partial charge in [0.25, 0.3) is 0 Å². The highest BCUT2D eigenvalue weighted by atomic mass is 16.2. The highest BCUT2D eigenvalue weighted by Crippen LogP contribution is 2.08. The number of ketones is 1. The zero-order valence-corrected chi connectivity index (χ0v) is 9.05. The van der Waals surface area contributed by atoms with Gasteiger partial charge < -0.3 is 5.32 Å². The molecule has 3 nitrogen and oxygen atoms in total. The Morgan fingerprint density at radius 3 is 1.77 bits per heavy atom. The lowest BCUT2D eigenvalue weighted by atomic mass is 9.93. The Kier molecular flexibility index (Phi) is 4.67. The highest BCUT2D eigenvalue weighted by molar-refractivity contribution is 5.89. The van der Waals surface area contributed by atoms with E-state index in [0.717, 1.165) is 0 Å². The highest BCUT2D eigenvalue weighted by Gasteiger charge is 2.24. The lowest BCUT2D eigenvalue weighted by molar-refractivity contribution is -0.129. The monoisotopic (exact) mass is 185 g/mol. The van der Waals surface area contributed by atoms with Crippen molar-refractivity contribution >= 4 is 11.7 Å². The first-order valence-corrected chi connectivity index (χ1v) is 4.67. The SMILES string of the molecule is CC(=O)N[C@@H](C(=O)C(C)C)C(C)C. The van der Waals surface area contributed by atoms with Crippen molar-refractivity contribution in [3.05, 3.63) is 0 Å². The summed E-state index contributed by atoms with van der Waals surface area (Å²) in [6.07, 6.45) is 0. The first-order chi connectivity index (χ1) is 5.86. The molecule has 76 valence electrons. The number of nitrogens with one attached hydrogen (secondary N) is 1. The van der Waals surface area contributed by atoms with Crippen molar-refractivity contribution in [2.45, 2.75) is 40.7 Å². The Hall–Kier alpha value is -0.860. The molecule has 0 bridgehead atoms. The van der Waals surface area contributed by atoms with Crippen molar-refractivity contribution in [3.8, 4) is 0 Å². The fourth-order valence-electron chi connectivity index (χ4n) is 1.14. The molecule has 0 aliphatic carbocycles. The number of rotatable bonds is 4. The fourth-order valence-corrected chi connectivity index (χ4v) is 1.14. The van der Waals surface area contributed by atoms with Gasteiger partial charge in [0.2, 0.25) is 5.91 Å². The van der Waals surface area contributed by atoms with E-state index >= 15 is 0 Å². The summed E-state index contributed by atoms with van der Waals surface area (Å²) in [5, 5.41) is 2.67. The van der Waals surface area contributed by atoms with Crippen LogP contribution in [0.15, 0.2) is 0 Å². The average Bonchev–Trinajstić information content (AvgIpc) is 1.97. The van der Waals surface area contributed by atoms with E-state index in [1.807, 2.05) is 27.7 Å². The van der Waals surface area contributed by atoms with E-state index in [-0.39, 0.29) is 29.6 Å². The first kappa shape index (κ1) is 12.1. The molecule has 0 rings (SSSR count). The van der Waals surface area contributed by atoms with Crippen LogP contribution in [0.3, 0.4) is 0 Å². The molecule has 0 radical (unpaired) electrons. The van der Waals surface area contributed by atoms with Gasteiger partial charge in [-0.15, -0.1) is 0 Å². The zero-order chi connectivity index (χ0) is 10.6. The Morgan fingerprint density at radius 2 is 1.54 bits per heavy atom. The largest absolute Gasteiger partial charge is 0.346 e. The van der Waals surface area contributed by atoms with Gasteiger partial charge in [0.1, 0.15) is 0 Å². The molecule has 13 heavy (non-hydrogen) atoms. The van der Waals surface area contributed by atoms with Crippen LogP contribution in [0.4, 0.5) is 0 Å². The minimum absolute atomic E-state index is 0.0285. The number of hydrogen-bond donors (Lipinski definition) is 1. The van der Waals surface area contributed by atoms with Gasteiger partial charge in [-0.25, -0.2) is 0 Å². The zero-order valence-electron chi connectivity index (χ0n) is 9.05. The molecule has 1 amide bonds. The summed E-state index contributed by atoms with van der Waals surface area (Å²) < 4.78 is 0. The van der Waals surface area contributed by atoms with Crippen LogP contribution >= 0.6 is 0 Å². The second-order valence-electron chi connectivity index (χ2n) is 3.98. The van der Waals surface area contributed by atoms with Crippen LogP contribution in [0.5, 0.6) is 0 Å². The van der Waals surface area contributed by atoms with E-state index in [4.69, 9.17) is 0 Å². The molecule has 0 spiro atoms. The van der Waals surface area contributed by atoms with Crippen LogP contribution in [0.25, 0.3) is 0 Å². The van der Waals surface area contributed by atoms with Gasteiger partial charge in [-0.05, 0) is 5.92 Å². The summed E-state index contributed by atoms with van der Waals surface area (Å²) in [4.78, 5) is 22.4. The van der Waals surface area contributed by atoms with Crippen LogP contribution < -0.4 is 5.32 Å². The Labute approximate surface area is 79.9 Å². The Balaban J connectivity index is 4.42. The third kappa shape index (κ3) is 4.06. The number of amides is 1. The lowest BCUT2D eigenvalue weighted by Crippen LogP contribution is -2.45. The molecule has 0 saturated heterocycles. The number of hydrogen-bond acceptors (Lipinski definition) is 2. The maximum absolute atomic E-state index is 11.6. The average molecular weight is 185 g/mol. The van der Waals surface area contributed by atoms with Crippen LogP contribution in [-0.2, 0) is 9.59 Å². The minimum Gasteiger partial charge on any atom is -0.346 e. The molecule has 0 saturated carbocycles. The van der Waals surface area contributed by atoms with E-state index < -0.39 is 0 Å². The quantitative estimate of drug-likeness (QED) is 0.719. The van der Waals surface area contributed by atoms with Gasteiger partial charge in [-0.2, -0.15) is 0 Å². The van der Waals surface area contributed by atoms with Crippen molar-refractivity contribution in [2.24, 2.45) is 11.8 Å². The molecule has 0 aliphatic heterocycles.